The van der Waals surface area contributed by atoms with E-state index >= 15 is 0 Å². The minimum absolute atomic E-state index is 0.116. The van der Waals surface area contributed by atoms with E-state index in [1.165, 1.54) is 4.57 Å². The number of rotatable bonds is 4. The van der Waals surface area contributed by atoms with Gasteiger partial charge in [0.25, 0.3) is 11.5 Å². The Morgan fingerprint density at radius 2 is 2.12 bits per heavy atom. The number of pyridine rings is 2. The first kappa shape index (κ1) is 16.3. The zero-order valence-corrected chi connectivity index (χ0v) is 14.6. The molecule has 132 valence electrons. The number of hydrogen-bond donors (Lipinski definition) is 1. The highest BCUT2D eigenvalue weighted by atomic mass is 16.2. The summed E-state index contributed by atoms with van der Waals surface area (Å²) in [5.41, 5.74) is 1.96. The molecule has 3 aromatic heterocycles. The molecule has 7 nitrogen and oxygen atoms in total. The van der Waals surface area contributed by atoms with Crippen molar-refractivity contribution in [1.29, 1.82) is 0 Å². The average Bonchev–Trinajstić information content (AvgIpc) is 3.41. The van der Waals surface area contributed by atoms with Crippen LogP contribution in [-0.2, 0) is 7.05 Å². The summed E-state index contributed by atoms with van der Waals surface area (Å²) in [7, 11) is 1.78. The molecule has 0 unspecified atom stereocenters. The van der Waals surface area contributed by atoms with Crippen LogP contribution < -0.4 is 10.9 Å². The molecule has 0 saturated heterocycles. The summed E-state index contributed by atoms with van der Waals surface area (Å²) in [6.07, 6.45) is 7.15. The van der Waals surface area contributed by atoms with Gasteiger partial charge >= 0.3 is 0 Å². The van der Waals surface area contributed by atoms with Gasteiger partial charge in [-0.3, -0.25) is 23.8 Å². The van der Waals surface area contributed by atoms with Crippen LogP contribution in [0.4, 0.5) is 5.82 Å². The van der Waals surface area contributed by atoms with Gasteiger partial charge in [0.1, 0.15) is 11.4 Å². The molecule has 1 fully saturated rings. The molecule has 1 amide bonds. The molecule has 3 aromatic rings. The molecule has 4 rings (SSSR count). The maximum atomic E-state index is 12.9. The van der Waals surface area contributed by atoms with Crippen molar-refractivity contribution in [3.63, 3.8) is 0 Å². The maximum absolute atomic E-state index is 12.9. The monoisotopic (exact) mass is 349 g/mol. The SMILES string of the molecule is Cc1ccn(-c2cccnc2)c(=O)c1C(=O)Nc1cc(C2CC2)nn1C. The van der Waals surface area contributed by atoms with E-state index in [2.05, 4.69) is 15.4 Å². The smallest absolute Gasteiger partial charge is 0.268 e. The largest absolute Gasteiger partial charge is 0.307 e. The first-order chi connectivity index (χ1) is 12.5. The lowest BCUT2D eigenvalue weighted by atomic mass is 10.1. The third-order valence-corrected chi connectivity index (χ3v) is 4.59. The average molecular weight is 349 g/mol. The topological polar surface area (TPSA) is 81.8 Å². The summed E-state index contributed by atoms with van der Waals surface area (Å²) in [6, 6.07) is 7.15. The summed E-state index contributed by atoms with van der Waals surface area (Å²) < 4.78 is 3.07. The Kier molecular flexibility index (Phi) is 3.91. The fourth-order valence-corrected chi connectivity index (χ4v) is 2.97. The molecule has 0 bridgehead atoms. The Hall–Kier alpha value is -3.22. The minimum Gasteiger partial charge on any atom is -0.307 e. The van der Waals surface area contributed by atoms with E-state index in [4.69, 9.17) is 0 Å². The number of aryl methyl sites for hydroxylation is 2. The molecular formula is C19H19N5O2. The zero-order chi connectivity index (χ0) is 18.3. The molecule has 1 aliphatic carbocycles. The maximum Gasteiger partial charge on any atom is 0.268 e. The first-order valence-electron chi connectivity index (χ1n) is 8.52. The van der Waals surface area contributed by atoms with Crippen molar-refractivity contribution in [2.24, 2.45) is 7.05 Å². The van der Waals surface area contributed by atoms with Crippen LogP contribution in [0.1, 0.15) is 40.4 Å². The summed E-state index contributed by atoms with van der Waals surface area (Å²) in [4.78, 5) is 29.7. The van der Waals surface area contributed by atoms with E-state index in [-0.39, 0.29) is 11.1 Å². The molecule has 0 aliphatic heterocycles. The molecular weight excluding hydrogens is 330 g/mol. The standard InChI is InChI=1S/C19H19N5O2/c1-12-7-9-24(14-4-3-8-20-11-14)19(26)17(12)18(25)21-16-10-15(13-5-6-13)22-23(16)2/h3-4,7-11,13H,5-6H2,1-2H3,(H,21,25). The van der Waals surface area contributed by atoms with Gasteiger partial charge in [-0.2, -0.15) is 5.10 Å². The number of aromatic nitrogens is 4. The van der Waals surface area contributed by atoms with Crippen LogP contribution in [0.15, 0.2) is 47.7 Å². The fraction of sp³-hybridized carbons (Fsp3) is 0.263. The number of amides is 1. The molecule has 3 heterocycles. The van der Waals surface area contributed by atoms with Crippen LogP contribution in [0, 0.1) is 6.92 Å². The molecule has 1 saturated carbocycles. The van der Waals surface area contributed by atoms with Gasteiger partial charge in [-0.25, -0.2) is 0 Å². The van der Waals surface area contributed by atoms with Crippen LogP contribution in [0.25, 0.3) is 5.69 Å². The highest BCUT2D eigenvalue weighted by Gasteiger charge is 2.27. The molecule has 0 atom stereocenters. The molecule has 1 N–H and O–H groups in total. The van der Waals surface area contributed by atoms with E-state index in [0.717, 1.165) is 18.5 Å². The van der Waals surface area contributed by atoms with Crippen LogP contribution in [-0.4, -0.2) is 25.2 Å². The minimum atomic E-state index is -0.434. The molecule has 0 spiro atoms. The van der Waals surface area contributed by atoms with Gasteiger partial charge in [0.05, 0.1) is 17.6 Å². The lowest BCUT2D eigenvalue weighted by Gasteiger charge is -2.11. The predicted molar refractivity (Wildman–Crippen MR) is 97.7 cm³/mol. The van der Waals surface area contributed by atoms with E-state index < -0.39 is 5.91 Å². The van der Waals surface area contributed by atoms with Gasteiger partial charge in [0, 0.05) is 31.4 Å². The normalized spacial score (nSPS) is 13.6. The molecule has 7 heteroatoms. The van der Waals surface area contributed by atoms with Crippen molar-refractivity contribution in [2.45, 2.75) is 25.7 Å². The Labute approximate surface area is 150 Å². The lowest BCUT2D eigenvalue weighted by Crippen LogP contribution is -2.29. The van der Waals surface area contributed by atoms with Crippen molar-refractivity contribution in [3.05, 3.63) is 70.0 Å². The second-order valence-corrected chi connectivity index (χ2v) is 6.57. The fourth-order valence-electron chi connectivity index (χ4n) is 2.97. The predicted octanol–water partition coefficient (Wildman–Crippen LogP) is 2.40. The number of hydrogen-bond acceptors (Lipinski definition) is 4. The van der Waals surface area contributed by atoms with Crippen molar-refractivity contribution in [1.82, 2.24) is 19.3 Å². The number of anilines is 1. The third kappa shape index (κ3) is 2.92. The van der Waals surface area contributed by atoms with E-state index in [9.17, 15) is 9.59 Å². The van der Waals surface area contributed by atoms with Crippen LogP contribution in [0.2, 0.25) is 0 Å². The Morgan fingerprint density at radius 1 is 1.31 bits per heavy atom. The third-order valence-electron chi connectivity index (χ3n) is 4.59. The molecule has 26 heavy (non-hydrogen) atoms. The first-order valence-corrected chi connectivity index (χ1v) is 8.52. The Bertz CT molecular complexity index is 1030. The highest BCUT2D eigenvalue weighted by molar-refractivity contribution is 6.04. The van der Waals surface area contributed by atoms with Crippen molar-refractivity contribution in [3.8, 4) is 5.69 Å². The molecule has 1 aliphatic rings. The molecule has 0 radical (unpaired) electrons. The van der Waals surface area contributed by atoms with Gasteiger partial charge in [0.2, 0.25) is 0 Å². The van der Waals surface area contributed by atoms with Crippen molar-refractivity contribution >= 4 is 11.7 Å². The van der Waals surface area contributed by atoms with E-state index in [0.29, 0.717) is 23.0 Å². The Morgan fingerprint density at radius 3 is 2.81 bits per heavy atom. The number of nitrogens with one attached hydrogen (secondary N) is 1. The second-order valence-electron chi connectivity index (χ2n) is 6.57. The van der Waals surface area contributed by atoms with E-state index in [1.54, 1.807) is 55.4 Å². The summed E-state index contributed by atoms with van der Waals surface area (Å²) >= 11 is 0. The van der Waals surface area contributed by atoms with Crippen LogP contribution in [0.5, 0.6) is 0 Å². The van der Waals surface area contributed by atoms with E-state index in [1.807, 2.05) is 6.07 Å². The van der Waals surface area contributed by atoms with Gasteiger partial charge in [0.15, 0.2) is 0 Å². The Balaban J connectivity index is 1.68. The van der Waals surface area contributed by atoms with Gasteiger partial charge in [-0.15, -0.1) is 0 Å². The zero-order valence-electron chi connectivity index (χ0n) is 14.6. The van der Waals surface area contributed by atoms with Crippen molar-refractivity contribution < 1.29 is 4.79 Å². The summed E-state index contributed by atoms with van der Waals surface area (Å²) in [6.45, 7) is 1.75. The second kappa shape index (κ2) is 6.25. The molecule has 0 aromatic carbocycles. The lowest BCUT2D eigenvalue weighted by molar-refractivity contribution is 0.102. The number of carbonyl (C=O) groups excluding carboxylic acids is 1. The van der Waals surface area contributed by atoms with Gasteiger partial charge in [-0.1, -0.05) is 0 Å². The number of nitrogens with zero attached hydrogens (tertiary/aromatic N) is 4. The van der Waals surface area contributed by atoms with Crippen molar-refractivity contribution in [2.75, 3.05) is 5.32 Å². The van der Waals surface area contributed by atoms with Crippen LogP contribution >= 0.6 is 0 Å². The van der Waals surface area contributed by atoms with Gasteiger partial charge in [-0.05, 0) is 43.5 Å². The quantitative estimate of drug-likeness (QED) is 0.784. The number of carbonyl (C=O) groups is 1. The summed E-state index contributed by atoms with van der Waals surface area (Å²) in [5, 5.41) is 7.26. The highest BCUT2D eigenvalue weighted by Crippen LogP contribution is 2.39. The van der Waals surface area contributed by atoms with Crippen LogP contribution in [0.3, 0.4) is 0 Å². The van der Waals surface area contributed by atoms with Gasteiger partial charge < -0.3 is 5.32 Å². The summed E-state index contributed by atoms with van der Waals surface area (Å²) in [5.74, 6) is 0.650.